The average molecular weight is 518 g/mol. The lowest BCUT2D eigenvalue weighted by molar-refractivity contribution is -0.102. The highest BCUT2D eigenvalue weighted by Gasteiger charge is 2.31. The van der Waals surface area contributed by atoms with E-state index < -0.39 is 0 Å². The third kappa shape index (κ3) is 7.12. The van der Waals surface area contributed by atoms with Crippen LogP contribution >= 0.6 is 0 Å². The lowest BCUT2D eigenvalue weighted by atomic mass is 10.1. The number of nitrogens with zero attached hydrogens (tertiary/aromatic N) is 6. The van der Waals surface area contributed by atoms with E-state index in [0.29, 0.717) is 47.4 Å². The van der Waals surface area contributed by atoms with Crippen LogP contribution in [0.5, 0.6) is 5.88 Å². The largest absolute Gasteiger partial charge is 0.480 e. The number of allylic oxidation sites excluding steroid dienone is 1. The Kier molecular flexibility index (Phi) is 9.87. The van der Waals surface area contributed by atoms with E-state index in [1.807, 2.05) is 40.0 Å². The molecule has 38 heavy (non-hydrogen) atoms. The van der Waals surface area contributed by atoms with Crippen LogP contribution < -0.4 is 10.1 Å². The molecule has 1 aliphatic carbocycles. The Bertz CT molecular complexity index is 1240. The summed E-state index contributed by atoms with van der Waals surface area (Å²) < 4.78 is 5.57. The quantitative estimate of drug-likeness (QED) is 0.258. The molecule has 0 aliphatic heterocycles. The average Bonchev–Trinajstić information content (AvgIpc) is 3.77. The Morgan fingerprint density at radius 1 is 1.26 bits per heavy atom. The molecule has 2 aromatic rings. The van der Waals surface area contributed by atoms with Gasteiger partial charge >= 0.3 is 0 Å². The van der Waals surface area contributed by atoms with Gasteiger partial charge in [-0.25, -0.2) is 20.0 Å². The molecule has 0 amide bonds. The molecule has 1 aliphatic rings. The molecule has 9 heteroatoms. The Morgan fingerprint density at radius 2 is 2.00 bits per heavy atom. The van der Waals surface area contributed by atoms with Gasteiger partial charge in [0.1, 0.15) is 12.0 Å². The molecule has 0 spiro atoms. The van der Waals surface area contributed by atoms with E-state index in [4.69, 9.17) is 14.7 Å². The summed E-state index contributed by atoms with van der Waals surface area (Å²) in [6.45, 7) is 14.8. The molecule has 0 unspecified atom stereocenters. The summed E-state index contributed by atoms with van der Waals surface area (Å²) in [6, 6.07) is 4.07. The van der Waals surface area contributed by atoms with Crippen LogP contribution in [0.2, 0.25) is 0 Å². The first-order valence-electron chi connectivity index (χ1n) is 13.0. The van der Waals surface area contributed by atoms with Gasteiger partial charge in [-0.15, -0.1) is 0 Å². The zero-order valence-electron chi connectivity index (χ0n) is 23.6. The lowest BCUT2D eigenvalue weighted by Crippen LogP contribution is -2.36. The van der Waals surface area contributed by atoms with Crippen LogP contribution in [-0.4, -0.2) is 58.0 Å². The fraction of sp³-hybridized carbons (Fsp3) is 0.448. The van der Waals surface area contributed by atoms with E-state index in [2.05, 4.69) is 45.6 Å². The van der Waals surface area contributed by atoms with Crippen molar-refractivity contribution in [3.8, 4) is 5.88 Å². The number of aromatic nitrogens is 3. The molecule has 0 saturated heterocycles. The number of aliphatic imine (C=N–C) groups is 2. The van der Waals surface area contributed by atoms with Gasteiger partial charge in [0.05, 0.1) is 36.3 Å². The maximum absolute atomic E-state index is 12.0. The van der Waals surface area contributed by atoms with E-state index in [1.165, 1.54) is 6.33 Å². The standard InChI is InChI=1S/C29H39N7O2/c1-9-20(5)36(7)28(34-21(6)25-27(22-11-12-22)32-17-33-29(25)38-8)26(18(2)3)35-24(16-37)31-15-23-13-10-19(4)14-30-23/h10,13-14,16-17,20,22H,6,9,11-12,15H2,1-5,7-8H3,(H,31,35)/b34-28+/t20-/m1/s1. The van der Waals surface area contributed by atoms with Gasteiger partial charge in [-0.2, -0.15) is 0 Å². The van der Waals surface area contributed by atoms with Crippen LogP contribution in [0.3, 0.4) is 0 Å². The zero-order chi connectivity index (χ0) is 27.8. The van der Waals surface area contributed by atoms with Crippen LogP contribution in [-0.2, 0) is 11.3 Å². The molecule has 2 aromatic heterocycles. The minimum absolute atomic E-state index is 0.160. The minimum atomic E-state index is 0.160. The summed E-state index contributed by atoms with van der Waals surface area (Å²) >= 11 is 0. The molecule has 9 nitrogen and oxygen atoms in total. The number of carbonyl (C=O) groups is 1. The van der Waals surface area contributed by atoms with E-state index in [1.54, 1.807) is 13.3 Å². The predicted octanol–water partition coefficient (Wildman–Crippen LogP) is 4.85. The van der Waals surface area contributed by atoms with Gasteiger partial charge in [-0.05, 0) is 64.2 Å². The number of nitrogens with one attached hydrogen (secondary N) is 1. The first-order valence-corrected chi connectivity index (χ1v) is 13.0. The molecule has 1 saturated carbocycles. The molecule has 2 heterocycles. The molecular weight excluding hydrogens is 478 g/mol. The van der Waals surface area contributed by atoms with Crippen molar-refractivity contribution in [2.45, 2.75) is 72.4 Å². The Morgan fingerprint density at radius 3 is 2.55 bits per heavy atom. The molecule has 1 atom stereocenters. The minimum Gasteiger partial charge on any atom is -0.480 e. The summed E-state index contributed by atoms with van der Waals surface area (Å²) in [5, 5.41) is 3.11. The van der Waals surface area contributed by atoms with Crippen molar-refractivity contribution >= 4 is 23.7 Å². The van der Waals surface area contributed by atoms with Gasteiger partial charge in [0, 0.05) is 25.2 Å². The zero-order valence-corrected chi connectivity index (χ0v) is 23.6. The fourth-order valence-electron chi connectivity index (χ4n) is 3.84. The van der Waals surface area contributed by atoms with Crippen LogP contribution in [0.1, 0.15) is 75.4 Å². The van der Waals surface area contributed by atoms with Crippen LogP contribution in [0.25, 0.3) is 5.70 Å². The molecular formula is C29H39N7O2. The second-order valence-electron chi connectivity index (χ2n) is 9.81. The molecule has 0 aromatic carbocycles. The summed E-state index contributed by atoms with van der Waals surface area (Å²) in [5.41, 5.74) is 5.48. The van der Waals surface area contributed by atoms with Crippen LogP contribution in [0.4, 0.5) is 0 Å². The topological polar surface area (TPSA) is 105 Å². The summed E-state index contributed by atoms with van der Waals surface area (Å²) in [5.74, 6) is 1.60. The van der Waals surface area contributed by atoms with Gasteiger partial charge in [0.15, 0.2) is 18.0 Å². The van der Waals surface area contributed by atoms with Gasteiger partial charge in [0.25, 0.3) is 0 Å². The number of methoxy groups -OCH3 is 1. The molecule has 3 rings (SSSR count). The number of hydrogen-bond acceptors (Lipinski definition) is 7. The SMILES string of the molecule is C=C(/N=C(\C(/N=C(\C=O)NCc1ccc(C)cn1)=C(C)C)N(C)[C@H](C)CC)c1c(OC)ncnc1C1CC1. The Labute approximate surface area is 225 Å². The first-order chi connectivity index (χ1) is 18.2. The Balaban J connectivity index is 2.04. The highest BCUT2D eigenvalue weighted by molar-refractivity contribution is 6.28. The number of ether oxygens (including phenoxy) is 1. The number of likely N-dealkylation sites (N-methyl/N-ethyl adjacent to an activating group) is 1. The predicted molar refractivity (Wildman–Crippen MR) is 152 cm³/mol. The van der Waals surface area contributed by atoms with Gasteiger partial charge < -0.3 is 15.0 Å². The van der Waals surface area contributed by atoms with Crippen molar-refractivity contribution in [2.75, 3.05) is 14.2 Å². The number of rotatable bonds is 11. The number of aryl methyl sites for hydroxylation is 1. The maximum Gasteiger partial charge on any atom is 0.226 e. The van der Waals surface area contributed by atoms with E-state index in [9.17, 15) is 4.79 Å². The number of aldehydes is 1. The summed E-state index contributed by atoms with van der Waals surface area (Å²) in [6.07, 6.45) is 7.06. The Hall–Kier alpha value is -3.88. The van der Waals surface area contributed by atoms with Gasteiger partial charge in [0.2, 0.25) is 5.88 Å². The number of hydrogen-bond donors (Lipinski definition) is 1. The van der Waals surface area contributed by atoms with Crippen molar-refractivity contribution in [3.63, 3.8) is 0 Å². The van der Waals surface area contributed by atoms with E-state index in [0.717, 1.165) is 41.8 Å². The fourth-order valence-corrected chi connectivity index (χ4v) is 3.84. The van der Waals surface area contributed by atoms with Crippen molar-refractivity contribution < 1.29 is 9.53 Å². The van der Waals surface area contributed by atoms with Crippen molar-refractivity contribution in [2.24, 2.45) is 9.98 Å². The van der Waals surface area contributed by atoms with Gasteiger partial charge in [-0.3, -0.25) is 9.78 Å². The molecule has 202 valence electrons. The molecule has 0 bridgehead atoms. The van der Waals surface area contributed by atoms with E-state index >= 15 is 0 Å². The van der Waals surface area contributed by atoms with Crippen LogP contribution in [0.15, 0.2) is 52.5 Å². The first kappa shape index (κ1) is 28.7. The van der Waals surface area contributed by atoms with Crippen molar-refractivity contribution in [1.29, 1.82) is 0 Å². The van der Waals surface area contributed by atoms with Gasteiger partial charge in [-0.1, -0.05) is 19.6 Å². The van der Waals surface area contributed by atoms with Crippen molar-refractivity contribution in [3.05, 3.63) is 65.0 Å². The highest BCUT2D eigenvalue weighted by Crippen LogP contribution is 2.44. The lowest BCUT2D eigenvalue weighted by Gasteiger charge is -2.28. The molecule has 0 radical (unpaired) electrons. The summed E-state index contributed by atoms with van der Waals surface area (Å²) in [7, 11) is 3.56. The normalized spacial score (nSPS) is 14.5. The smallest absolute Gasteiger partial charge is 0.226 e. The third-order valence-electron chi connectivity index (χ3n) is 6.57. The van der Waals surface area contributed by atoms with Crippen molar-refractivity contribution in [1.82, 2.24) is 25.2 Å². The number of amidine groups is 2. The summed E-state index contributed by atoms with van der Waals surface area (Å²) in [4.78, 5) is 37.1. The monoisotopic (exact) mass is 517 g/mol. The number of carbonyl (C=O) groups excluding carboxylic acids is 1. The maximum atomic E-state index is 12.0. The molecule has 1 fully saturated rings. The highest BCUT2D eigenvalue weighted by atomic mass is 16.5. The third-order valence-corrected chi connectivity index (χ3v) is 6.57. The second kappa shape index (κ2) is 13.1. The molecule has 1 N–H and O–H groups in total. The van der Waals surface area contributed by atoms with Crippen LogP contribution in [0, 0.1) is 6.92 Å². The van der Waals surface area contributed by atoms with E-state index in [-0.39, 0.29) is 11.9 Å². The number of pyridine rings is 1. The second-order valence-corrected chi connectivity index (χ2v) is 9.81.